The van der Waals surface area contributed by atoms with Crippen LogP contribution in [0.15, 0.2) is 42.6 Å². The second kappa shape index (κ2) is 8.66. The van der Waals surface area contributed by atoms with Crippen molar-refractivity contribution in [2.24, 2.45) is 0 Å². The molecular weight excluding hydrogens is 340 g/mol. The van der Waals surface area contributed by atoms with E-state index in [9.17, 15) is 9.59 Å². The fourth-order valence-electron chi connectivity index (χ4n) is 3.49. The fourth-order valence-corrected chi connectivity index (χ4v) is 3.49. The lowest BCUT2D eigenvalue weighted by Crippen LogP contribution is -2.39. The van der Waals surface area contributed by atoms with Crippen LogP contribution in [0.2, 0.25) is 0 Å². The highest BCUT2D eigenvalue weighted by atomic mass is 16.2. The van der Waals surface area contributed by atoms with Crippen molar-refractivity contribution in [2.75, 3.05) is 22.1 Å². The SMILES string of the molecule is CCC1CCCCN1c1cc(C(=O)Nc2ccc(NC(C)=O)cc2)ccn1. The smallest absolute Gasteiger partial charge is 0.255 e. The first-order valence-corrected chi connectivity index (χ1v) is 9.48. The standard InChI is InChI=1S/C21H26N4O2/c1-3-19-6-4-5-13-25(19)20-14-16(11-12-22-20)21(27)24-18-9-7-17(8-10-18)23-15(2)26/h7-12,14,19H,3-6,13H2,1-2H3,(H,23,26)(H,24,27). The van der Waals surface area contributed by atoms with Crippen molar-refractivity contribution in [1.82, 2.24) is 4.98 Å². The molecule has 1 aliphatic rings. The number of amides is 2. The van der Waals surface area contributed by atoms with Gasteiger partial charge in [0.05, 0.1) is 0 Å². The molecule has 2 heterocycles. The van der Waals surface area contributed by atoms with Crippen molar-refractivity contribution in [3.63, 3.8) is 0 Å². The minimum absolute atomic E-state index is 0.126. The Bertz CT molecular complexity index is 804. The third-order valence-electron chi connectivity index (χ3n) is 4.86. The molecule has 27 heavy (non-hydrogen) atoms. The largest absolute Gasteiger partial charge is 0.354 e. The number of rotatable bonds is 5. The van der Waals surface area contributed by atoms with Crippen LogP contribution in [-0.4, -0.2) is 29.4 Å². The molecule has 1 aromatic carbocycles. The van der Waals surface area contributed by atoms with Crippen molar-refractivity contribution in [1.29, 1.82) is 0 Å². The van der Waals surface area contributed by atoms with Gasteiger partial charge in [-0.05, 0) is 62.1 Å². The fraction of sp³-hybridized carbons (Fsp3) is 0.381. The summed E-state index contributed by atoms with van der Waals surface area (Å²) in [5.74, 6) is 0.574. The molecule has 0 aliphatic carbocycles. The van der Waals surface area contributed by atoms with E-state index in [4.69, 9.17) is 0 Å². The third kappa shape index (κ3) is 4.84. The molecule has 1 unspecified atom stereocenters. The monoisotopic (exact) mass is 366 g/mol. The van der Waals surface area contributed by atoms with Crippen LogP contribution in [-0.2, 0) is 4.79 Å². The van der Waals surface area contributed by atoms with Crippen LogP contribution >= 0.6 is 0 Å². The van der Waals surface area contributed by atoms with Gasteiger partial charge in [0.1, 0.15) is 5.82 Å². The summed E-state index contributed by atoms with van der Waals surface area (Å²) in [6, 6.07) is 11.1. The van der Waals surface area contributed by atoms with Gasteiger partial charge in [-0.3, -0.25) is 9.59 Å². The van der Waals surface area contributed by atoms with Gasteiger partial charge in [-0.25, -0.2) is 4.98 Å². The predicted molar refractivity (Wildman–Crippen MR) is 108 cm³/mol. The van der Waals surface area contributed by atoms with Crippen LogP contribution in [0.25, 0.3) is 0 Å². The van der Waals surface area contributed by atoms with E-state index in [1.54, 1.807) is 36.5 Å². The highest BCUT2D eigenvalue weighted by Gasteiger charge is 2.22. The molecule has 142 valence electrons. The van der Waals surface area contributed by atoms with E-state index in [1.807, 2.05) is 6.07 Å². The van der Waals surface area contributed by atoms with E-state index in [0.717, 1.165) is 25.2 Å². The Hall–Kier alpha value is -2.89. The lowest BCUT2D eigenvalue weighted by Gasteiger charge is -2.36. The molecule has 0 spiro atoms. The van der Waals surface area contributed by atoms with Crippen molar-refractivity contribution in [3.05, 3.63) is 48.2 Å². The number of carbonyl (C=O) groups is 2. The normalized spacial score (nSPS) is 16.7. The average Bonchev–Trinajstić information content (AvgIpc) is 2.69. The Morgan fingerprint density at radius 3 is 2.48 bits per heavy atom. The molecule has 6 nitrogen and oxygen atoms in total. The minimum Gasteiger partial charge on any atom is -0.354 e. The number of carbonyl (C=O) groups excluding carboxylic acids is 2. The topological polar surface area (TPSA) is 74.3 Å². The number of piperidine rings is 1. The Kier molecular flexibility index (Phi) is 6.06. The van der Waals surface area contributed by atoms with Gasteiger partial charge in [-0.1, -0.05) is 6.92 Å². The lowest BCUT2D eigenvalue weighted by atomic mass is 10.00. The first-order chi connectivity index (χ1) is 13.1. The molecular formula is C21H26N4O2. The zero-order valence-electron chi connectivity index (χ0n) is 15.9. The Labute approximate surface area is 160 Å². The van der Waals surface area contributed by atoms with Gasteiger partial charge in [0.15, 0.2) is 0 Å². The molecule has 0 radical (unpaired) electrons. The van der Waals surface area contributed by atoms with Gasteiger partial charge in [-0.2, -0.15) is 0 Å². The number of nitrogens with zero attached hydrogens (tertiary/aromatic N) is 2. The molecule has 2 N–H and O–H groups in total. The molecule has 1 aromatic heterocycles. The zero-order chi connectivity index (χ0) is 19.2. The number of hydrogen-bond donors (Lipinski definition) is 2. The lowest BCUT2D eigenvalue weighted by molar-refractivity contribution is -0.114. The van der Waals surface area contributed by atoms with Crippen LogP contribution in [0, 0.1) is 0 Å². The van der Waals surface area contributed by atoms with Gasteiger partial charge in [0, 0.05) is 42.6 Å². The number of benzene rings is 1. The third-order valence-corrected chi connectivity index (χ3v) is 4.86. The van der Waals surface area contributed by atoms with E-state index in [1.165, 1.54) is 19.8 Å². The van der Waals surface area contributed by atoms with Crippen molar-refractivity contribution in [3.8, 4) is 0 Å². The summed E-state index contributed by atoms with van der Waals surface area (Å²) in [6.45, 7) is 4.65. The Balaban J connectivity index is 1.70. The maximum atomic E-state index is 12.6. The van der Waals surface area contributed by atoms with Gasteiger partial charge in [-0.15, -0.1) is 0 Å². The molecule has 1 fully saturated rings. The number of nitrogens with one attached hydrogen (secondary N) is 2. The number of aromatic nitrogens is 1. The van der Waals surface area contributed by atoms with Gasteiger partial charge >= 0.3 is 0 Å². The molecule has 1 atom stereocenters. The summed E-state index contributed by atoms with van der Waals surface area (Å²) < 4.78 is 0. The number of hydrogen-bond acceptors (Lipinski definition) is 4. The van der Waals surface area contributed by atoms with Crippen LogP contribution < -0.4 is 15.5 Å². The molecule has 2 aromatic rings. The molecule has 3 rings (SSSR count). The van der Waals surface area contributed by atoms with Gasteiger partial charge in [0.25, 0.3) is 5.91 Å². The van der Waals surface area contributed by atoms with Gasteiger partial charge < -0.3 is 15.5 Å². The van der Waals surface area contributed by atoms with Crippen LogP contribution in [0.4, 0.5) is 17.2 Å². The first-order valence-electron chi connectivity index (χ1n) is 9.48. The van der Waals surface area contributed by atoms with E-state index >= 15 is 0 Å². The van der Waals surface area contributed by atoms with Crippen LogP contribution in [0.1, 0.15) is 49.9 Å². The predicted octanol–water partition coefficient (Wildman–Crippen LogP) is 4.06. The summed E-state index contributed by atoms with van der Waals surface area (Å²) in [5.41, 5.74) is 1.96. The summed E-state index contributed by atoms with van der Waals surface area (Å²) in [5, 5.41) is 5.60. The maximum absolute atomic E-state index is 12.6. The van der Waals surface area contributed by atoms with Crippen LogP contribution in [0.5, 0.6) is 0 Å². The average molecular weight is 366 g/mol. The Morgan fingerprint density at radius 1 is 1.11 bits per heavy atom. The van der Waals surface area contributed by atoms with Gasteiger partial charge in [0.2, 0.25) is 5.91 Å². The van der Waals surface area contributed by atoms with Crippen molar-refractivity contribution in [2.45, 2.75) is 45.6 Å². The van der Waals surface area contributed by atoms with E-state index < -0.39 is 0 Å². The van der Waals surface area contributed by atoms with E-state index in [2.05, 4.69) is 27.4 Å². The Morgan fingerprint density at radius 2 is 1.81 bits per heavy atom. The maximum Gasteiger partial charge on any atom is 0.255 e. The molecule has 2 amide bonds. The van der Waals surface area contributed by atoms with E-state index in [0.29, 0.717) is 23.0 Å². The quantitative estimate of drug-likeness (QED) is 0.837. The van der Waals surface area contributed by atoms with Crippen molar-refractivity contribution >= 4 is 29.0 Å². The minimum atomic E-state index is -0.170. The second-order valence-electron chi connectivity index (χ2n) is 6.87. The van der Waals surface area contributed by atoms with Crippen molar-refractivity contribution < 1.29 is 9.59 Å². The van der Waals surface area contributed by atoms with Crippen LogP contribution in [0.3, 0.4) is 0 Å². The molecule has 0 saturated carbocycles. The summed E-state index contributed by atoms with van der Waals surface area (Å²) in [4.78, 5) is 30.5. The molecule has 1 saturated heterocycles. The molecule has 0 bridgehead atoms. The highest BCUT2D eigenvalue weighted by molar-refractivity contribution is 6.04. The number of anilines is 3. The summed E-state index contributed by atoms with van der Waals surface area (Å²) in [7, 11) is 0. The molecule has 1 aliphatic heterocycles. The second-order valence-corrected chi connectivity index (χ2v) is 6.87. The first kappa shape index (κ1) is 18.9. The molecule has 6 heteroatoms. The highest BCUT2D eigenvalue weighted by Crippen LogP contribution is 2.25. The summed E-state index contributed by atoms with van der Waals surface area (Å²) >= 11 is 0. The number of pyridine rings is 1. The zero-order valence-corrected chi connectivity index (χ0v) is 15.9. The summed E-state index contributed by atoms with van der Waals surface area (Å²) in [6.07, 6.45) is 6.37. The van der Waals surface area contributed by atoms with E-state index in [-0.39, 0.29) is 11.8 Å².